The molecular weight excluding hydrogens is 200 g/mol. The van der Waals surface area contributed by atoms with Crippen molar-refractivity contribution >= 4 is 10.9 Å². The van der Waals surface area contributed by atoms with Crippen LogP contribution in [0.3, 0.4) is 0 Å². The predicted molar refractivity (Wildman–Crippen MR) is 65.2 cm³/mol. The summed E-state index contributed by atoms with van der Waals surface area (Å²) < 4.78 is 5.32. The van der Waals surface area contributed by atoms with Gasteiger partial charge in [-0.05, 0) is 30.7 Å². The summed E-state index contributed by atoms with van der Waals surface area (Å²) in [4.78, 5) is 4.27. The predicted octanol–water partition coefficient (Wildman–Crippen LogP) is 2.27. The van der Waals surface area contributed by atoms with Gasteiger partial charge in [-0.15, -0.1) is 0 Å². The Kier molecular flexibility index (Phi) is 3.49. The van der Waals surface area contributed by atoms with Gasteiger partial charge in [0.05, 0.1) is 18.2 Å². The van der Waals surface area contributed by atoms with Crippen LogP contribution in [0.2, 0.25) is 0 Å². The van der Waals surface area contributed by atoms with E-state index in [1.54, 1.807) is 6.20 Å². The van der Waals surface area contributed by atoms with E-state index >= 15 is 0 Å². The second kappa shape index (κ2) is 5.05. The first-order chi connectivity index (χ1) is 7.81. The van der Waals surface area contributed by atoms with Crippen LogP contribution in [0.25, 0.3) is 10.9 Å². The minimum atomic E-state index is -0.0652. The van der Waals surface area contributed by atoms with E-state index < -0.39 is 0 Å². The summed E-state index contributed by atoms with van der Waals surface area (Å²) in [7, 11) is 0. The minimum Gasteiger partial charge on any atom is -0.380 e. The standard InChI is InChI=1S/C13H16N2O/c1-2-16-9-12(14)10-5-6-13-11(8-10)4-3-7-15-13/h3-8,12H,2,9,14H2,1H3. The van der Waals surface area contributed by atoms with Crippen molar-refractivity contribution in [3.8, 4) is 0 Å². The molecule has 0 amide bonds. The van der Waals surface area contributed by atoms with Gasteiger partial charge in [0.1, 0.15) is 0 Å². The molecule has 0 aliphatic rings. The fourth-order valence-corrected chi connectivity index (χ4v) is 1.67. The Hall–Kier alpha value is -1.45. The van der Waals surface area contributed by atoms with E-state index in [0.717, 1.165) is 16.5 Å². The van der Waals surface area contributed by atoms with Gasteiger partial charge in [-0.3, -0.25) is 4.98 Å². The van der Waals surface area contributed by atoms with Crippen molar-refractivity contribution in [1.82, 2.24) is 4.98 Å². The molecule has 0 spiro atoms. The maximum Gasteiger partial charge on any atom is 0.0702 e. The Morgan fingerprint density at radius 2 is 2.25 bits per heavy atom. The van der Waals surface area contributed by atoms with Crippen LogP contribution >= 0.6 is 0 Å². The SMILES string of the molecule is CCOCC(N)c1ccc2ncccc2c1. The van der Waals surface area contributed by atoms with Crippen molar-refractivity contribution in [2.75, 3.05) is 13.2 Å². The second-order valence-electron chi connectivity index (χ2n) is 3.72. The van der Waals surface area contributed by atoms with Crippen molar-refractivity contribution in [2.45, 2.75) is 13.0 Å². The molecule has 0 fully saturated rings. The molecule has 0 aliphatic heterocycles. The van der Waals surface area contributed by atoms with Gasteiger partial charge in [0.25, 0.3) is 0 Å². The molecule has 1 unspecified atom stereocenters. The number of benzene rings is 1. The normalized spacial score (nSPS) is 12.9. The molecule has 2 rings (SSSR count). The maximum absolute atomic E-state index is 6.03. The van der Waals surface area contributed by atoms with Crippen LogP contribution in [-0.2, 0) is 4.74 Å². The summed E-state index contributed by atoms with van der Waals surface area (Å²) in [5.74, 6) is 0. The van der Waals surface area contributed by atoms with E-state index in [9.17, 15) is 0 Å². The average molecular weight is 216 g/mol. The third-order valence-electron chi connectivity index (χ3n) is 2.56. The van der Waals surface area contributed by atoms with Crippen LogP contribution in [-0.4, -0.2) is 18.2 Å². The zero-order valence-electron chi connectivity index (χ0n) is 9.39. The molecule has 1 heterocycles. The molecule has 0 radical (unpaired) electrons. The molecule has 2 N–H and O–H groups in total. The number of hydrogen-bond acceptors (Lipinski definition) is 3. The Labute approximate surface area is 95.2 Å². The van der Waals surface area contributed by atoms with Crippen molar-refractivity contribution in [2.24, 2.45) is 5.73 Å². The number of aromatic nitrogens is 1. The quantitative estimate of drug-likeness (QED) is 0.852. The van der Waals surface area contributed by atoms with Crippen LogP contribution in [0.5, 0.6) is 0 Å². The molecule has 0 saturated carbocycles. The first-order valence-corrected chi connectivity index (χ1v) is 5.49. The fourth-order valence-electron chi connectivity index (χ4n) is 1.67. The van der Waals surface area contributed by atoms with E-state index in [1.165, 1.54) is 0 Å². The van der Waals surface area contributed by atoms with Gasteiger partial charge >= 0.3 is 0 Å². The highest BCUT2D eigenvalue weighted by Gasteiger charge is 2.06. The molecule has 1 aromatic heterocycles. The fraction of sp³-hybridized carbons (Fsp3) is 0.308. The molecule has 84 valence electrons. The molecule has 1 aromatic carbocycles. The number of fused-ring (bicyclic) bond motifs is 1. The van der Waals surface area contributed by atoms with Crippen LogP contribution in [0.4, 0.5) is 0 Å². The molecule has 0 saturated heterocycles. The van der Waals surface area contributed by atoms with Crippen LogP contribution in [0.1, 0.15) is 18.5 Å². The lowest BCUT2D eigenvalue weighted by Crippen LogP contribution is -2.16. The maximum atomic E-state index is 6.03. The van der Waals surface area contributed by atoms with Crippen LogP contribution in [0, 0.1) is 0 Å². The number of rotatable bonds is 4. The molecule has 0 bridgehead atoms. The molecule has 3 nitrogen and oxygen atoms in total. The highest BCUT2D eigenvalue weighted by Crippen LogP contribution is 2.17. The molecule has 3 heteroatoms. The lowest BCUT2D eigenvalue weighted by atomic mass is 10.1. The highest BCUT2D eigenvalue weighted by atomic mass is 16.5. The molecule has 16 heavy (non-hydrogen) atoms. The Morgan fingerprint density at radius 3 is 3.06 bits per heavy atom. The second-order valence-corrected chi connectivity index (χ2v) is 3.72. The highest BCUT2D eigenvalue weighted by molar-refractivity contribution is 5.79. The van der Waals surface area contributed by atoms with Gasteiger partial charge < -0.3 is 10.5 Å². The number of ether oxygens (including phenoxy) is 1. The molecule has 1 atom stereocenters. The Bertz CT molecular complexity index is 470. The van der Waals surface area contributed by atoms with Gasteiger partial charge in [0.2, 0.25) is 0 Å². The monoisotopic (exact) mass is 216 g/mol. The third-order valence-corrected chi connectivity index (χ3v) is 2.56. The average Bonchev–Trinajstić information content (AvgIpc) is 2.35. The van der Waals surface area contributed by atoms with Gasteiger partial charge in [-0.25, -0.2) is 0 Å². The first-order valence-electron chi connectivity index (χ1n) is 5.49. The smallest absolute Gasteiger partial charge is 0.0702 e. The summed E-state index contributed by atoms with van der Waals surface area (Å²) in [5, 5.41) is 1.12. The third kappa shape index (κ3) is 2.38. The summed E-state index contributed by atoms with van der Waals surface area (Å²) in [6.07, 6.45) is 1.79. The van der Waals surface area contributed by atoms with Gasteiger partial charge in [-0.2, -0.15) is 0 Å². The van der Waals surface area contributed by atoms with Gasteiger partial charge in [0.15, 0.2) is 0 Å². The van der Waals surface area contributed by atoms with E-state index in [2.05, 4.69) is 11.1 Å². The summed E-state index contributed by atoms with van der Waals surface area (Å²) in [5.41, 5.74) is 8.11. The molecule has 0 aliphatic carbocycles. The number of nitrogens with zero attached hydrogens (tertiary/aromatic N) is 1. The Balaban J connectivity index is 2.25. The topological polar surface area (TPSA) is 48.1 Å². The molecular formula is C13H16N2O. The minimum absolute atomic E-state index is 0.0652. The van der Waals surface area contributed by atoms with Gasteiger partial charge in [0, 0.05) is 18.2 Å². The largest absolute Gasteiger partial charge is 0.380 e. The summed E-state index contributed by atoms with van der Waals surface area (Å²) >= 11 is 0. The number of hydrogen-bond donors (Lipinski definition) is 1. The van der Waals surface area contributed by atoms with Crippen LogP contribution in [0.15, 0.2) is 36.5 Å². The van der Waals surface area contributed by atoms with Crippen molar-refractivity contribution in [3.63, 3.8) is 0 Å². The van der Waals surface area contributed by atoms with Crippen molar-refractivity contribution in [1.29, 1.82) is 0 Å². The van der Waals surface area contributed by atoms with E-state index in [-0.39, 0.29) is 6.04 Å². The van der Waals surface area contributed by atoms with Crippen molar-refractivity contribution in [3.05, 3.63) is 42.1 Å². The number of pyridine rings is 1. The molecule has 2 aromatic rings. The van der Waals surface area contributed by atoms with E-state index in [4.69, 9.17) is 10.5 Å². The van der Waals surface area contributed by atoms with E-state index in [0.29, 0.717) is 13.2 Å². The lowest BCUT2D eigenvalue weighted by Gasteiger charge is -2.12. The summed E-state index contributed by atoms with van der Waals surface area (Å²) in [6.45, 7) is 3.22. The van der Waals surface area contributed by atoms with Crippen LogP contribution < -0.4 is 5.73 Å². The van der Waals surface area contributed by atoms with E-state index in [1.807, 2.05) is 31.2 Å². The van der Waals surface area contributed by atoms with Crippen molar-refractivity contribution < 1.29 is 4.74 Å². The number of nitrogens with two attached hydrogens (primary N) is 1. The summed E-state index contributed by atoms with van der Waals surface area (Å²) in [6, 6.07) is 9.99. The zero-order chi connectivity index (χ0) is 11.4. The Morgan fingerprint density at radius 1 is 1.38 bits per heavy atom. The zero-order valence-corrected chi connectivity index (χ0v) is 9.39. The first kappa shape index (κ1) is 11.0. The lowest BCUT2D eigenvalue weighted by molar-refractivity contribution is 0.133. The van der Waals surface area contributed by atoms with Gasteiger partial charge in [-0.1, -0.05) is 12.1 Å².